The molecule has 0 saturated heterocycles. The summed E-state index contributed by atoms with van der Waals surface area (Å²) in [5.74, 6) is -1.14. The van der Waals surface area contributed by atoms with Crippen molar-refractivity contribution in [1.82, 2.24) is 4.90 Å². The number of aromatic hydroxyl groups is 1. The summed E-state index contributed by atoms with van der Waals surface area (Å²) in [6, 6.07) is 4.94. The van der Waals surface area contributed by atoms with Gasteiger partial charge in [0.15, 0.2) is 23.1 Å². The summed E-state index contributed by atoms with van der Waals surface area (Å²) in [5, 5.41) is 19.2. The van der Waals surface area contributed by atoms with E-state index in [1.165, 1.54) is 13.2 Å². The van der Waals surface area contributed by atoms with Gasteiger partial charge in [0.05, 0.1) is 13.5 Å². The second-order valence-corrected chi connectivity index (χ2v) is 7.93. The quantitative estimate of drug-likeness (QED) is 0.766. The minimum absolute atomic E-state index is 0.00135. The number of nitrogens with zero attached hydrogens (tertiary/aromatic N) is 1. The van der Waals surface area contributed by atoms with Crippen molar-refractivity contribution in [1.29, 1.82) is 0 Å². The fourth-order valence-electron chi connectivity index (χ4n) is 4.90. The lowest BCUT2D eigenvalue weighted by molar-refractivity contribution is -0.137. The number of phenolic OH excluding ortho intramolecular Hbond substituents is 1. The van der Waals surface area contributed by atoms with E-state index in [0.29, 0.717) is 49.7 Å². The van der Waals surface area contributed by atoms with Crippen LogP contribution in [-0.4, -0.2) is 46.3 Å². The van der Waals surface area contributed by atoms with E-state index in [0.717, 1.165) is 17.0 Å². The zero-order valence-electron chi connectivity index (χ0n) is 16.9. The third-order valence-corrected chi connectivity index (χ3v) is 6.17. The number of carbonyl (C=O) groups excluding carboxylic acids is 2. The van der Waals surface area contributed by atoms with Crippen LogP contribution in [0.5, 0.6) is 11.5 Å². The van der Waals surface area contributed by atoms with Gasteiger partial charge in [-0.2, -0.15) is 0 Å². The number of ketones is 2. The largest absolute Gasteiger partial charge is 0.504 e. The summed E-state index contributed by atoms with van der Waals surface area (Å²) in [7, 11) is 1.46. The number of rotatable bonds is 5. The van der Waals surface area contributed by atoms with E-state index in [1.54, 1.807) is 12.1 Å². The van der Waals surface area contributed by atoms with Gasteiger partial charge in [-0.25, -0.2) is 0 Å². The van der Waals surface area contributed by atoms with Crippen molar-refractivity contribution >= 4 is 17.5 Å². The molecule has 1 aliphatic heterocycles. The van der Waals surface area contributed by atoms with E-state index in [-0.39, 0.29) is 36.0 Å². The SMILES string of the molecule is COc1cc(C2C3=C(CCCC3=O)N(CCC(=O)O)C3=C2C(=O)CCC3)ccc1O. The molecule has 0 fully saturated rings. The van der Waals surface area contributed by atoms with Crippen molar-refractivity contribution in [3.63, 3.8) is 0 Å². The molecule has 158 valence electrons. The maximum Gasteiger partial charge on any atom is 0.305 e. The number of carboxylic acids is 1. The van der Waals surface area contributed by atoms with Crippen LogP contribution >= 0.6 is 0 Å². The van der Waals surface area contributed by atoms with Gasteiger partial charge in [0, 0.05) is 47.8 Å². The molecule has 0 radical (unpaired) electrons. The number of allylic oxidation sites excluding steroid dienone is 4. The van der Waals surface area contributed by atoms with Crippen molar-refractivity contribution in [3.05, 3.63) is 46.3 Å². The van der Waals surface area contributed by atoms with E-state index in [1.807, 2.05) is 4.90 Å². The predicted molar refractivity (Wildman–Crippen MR) is 108 cm³/mol. The van der Waals surface area contributed by atoms with Gasteiger partial charge in [0.2, 0.25) is 0 Å². The van der Waals surface area contributed by atoms with Crippen LogP contribution in [0.15, 0.2) is 40.7 Å². The Labute approximate surface area is 174 Å². The highest BCUT2D eigenvalue weighted by molar-refractivity contribution is 6.06. The summed E-state index contributed by atoms with van der Waals surface area (Å²) < 4.78 is 5.26. The molecule has 4 rings (SSSR count). The number of carboxylic acid groups (broad SMARTS) is 1. The highest BCUT2D eigenvalue weighted by Crippen LogP contribution is 2.49. The van der Waals surface area contributed by atoms with E-state index < -0.39 is 11.9 Å². The van der Waals surface area contributed by atoms with Gasteiger partial charge in [-0.05, 0) is 43.4 Å². The molecular formula is C23H25NO6. The van der Waals surface area contributed by atoms with Gasteiger partial charge >= 0.3 is 5.97 Å². The van der Waals surface area contributed by atoms with E-state index in [2.05, 4.69) is 0 Å². The first-order valence-corrected chi connectivity index (χ1v) is 10.3. The first-order valence-electron chi connectivity index (χ1n) is 10.3. The molecule has 0 saturated carbocycles. The lowest BCUT2D eigenvalue weighted by Crippen LogP contribution is -2.39. The van der Waals surface area contributed by atoms with Gasteiger partial charge in [-0.15, -0.1) is 0 Å². The fraction of sp³-hybridized carbons (Fsp3) is 0.435. The molecular weight excluding hydrogens is 386 g/mol. The number of carbonyl (C=O) groups is 3. The van der Waals surface area contributed by atoms with Crippen LogP contribution in [-0.2, 0) is 14.4 Å². The molecule has 0 unspecified atom stereocenters. The Morgan fingerprint density at radius 1 is 1.07 bits per heavy atom. The van der Waals surface area contributed by atoms with Crippen molar-refractivity contribution in [2.24, 2.45) is 0 Å². The highest BCUT2D eigenvalue weighted by atomic mass is 16.5. The van der Waals surface area contributed by atoms with Crippen LogP contribution < -0.4 is 4.74 Å². The molecule has 0 spiro atoms. The van der Waals surface area contributed by atoms with Crippen LogP contribution in [0.1, 0.15) is 56.4 Å². The minimum Gasteiger partial charge on any atom is -0.504 e. The number of Topliss-reactive ketones (excluding diaryl/α,β-unsaturated/α-hetero) is 2. The molecule has 7 heteroatoms. The van der Waals surface area contributed by atoms with E-state index >= 15 is 0 Å². The number of ether oxygens (including phenoxy) is 1. The maximum absolute atomic E-state index is 13.1. The Kier molecular flexibility index (Phi) is 5.37. The minimum atomic E-state index is -0.908. The molecule has 0 atom stereocenters. The Morgan fingerprint density at radius 3 is 2.20 bits per heavy atom. The van der Waals surface area contributed by atoms with Crippen molar-refractivity contribution in [3.8, 4) is 11.5 Å². The zero-order chi connectivity index (χ0) is 21.4. The third kappa shape index (κ3) is 3.38. The number of hydrogen-bond acceptors (Lipinski definition) is 6. The standard InChI is InChI=1S/C23H25NO6/c1-30-19-12-13(8-9-16(19)25)21-22-14(4-2-6-17(22)26)24(11-10-20(28)29)15-5-3-7-18(27)23(15)21/h8-9,12,21,25H,2-7,10-11H2,1H3,(H,28,29). The molecule has 7 nitrogen and oxygen atoms in total. The number of aliphatic carboxylic acids is 1. The van der Waals surface area contributed by atoms with Crippen molar-refractivity contribution < 1.29 is 29.3 Å². The molecule has 3 aliphatic rings. The second kappa shape index (κ2) is 7.97. The molecule has 2 aliphatic carbocycles. The second-order valence-electron chi connectivity index (χ2n) is 7.93. The molecule has 1 aromatic carbocycles. The van der Waals surface area contributed by atoms with E-state index in [4.69, 9.17) is 4.74 Å². The Balaban J connectivity index is 1.92. The lowest BCUT2D eigenvalue weighted by Gasteiger charge is -2.44. The molecule has 2 N–H and O–H groups in total. The number of benzene rings is 1. The maximum atomic E-state index is 13.1. The molecule has 0 bridgehead atoms. The zero-order valence-corrected chi connectivity index (χ0v) is 16.9. The summed E-state index contributed by atoms with van der Waals surface area (Å²) >= 11 is 0. The highest BCUT2D eigenvalue weighted by Gasteiger charge is 2.43. The summed E-state index contributed by atoms with van der Waals surface area (Å²) in [6.45, 7) is 0.249. The Morgan fingerprint density at radius 2 is 1.67 bits per heavy atom. The van der Waals surface area contributed by atoms with E-state index in [9.17, 15) is 24.6 Å². The summed E-state index contributed by atoms with van der Waals surface area (Å²) in [5.41, 5.74) is 3.60. The van der Waals surface area contributed by atoms with Crippen LogP contribution in [0, 0.1) is 0 Å². The topological polar surface area (TPSA) is 104 Å². The third-order valence-electron chi connectivity index (χ3n) is 6.17. The number of hydrogen-bond donors (Lipinski definition) is 2. The molecule has 0 amide bonds. The number of methoxy groups -OCH3 is 1. The van der Waals surface area contributed by atoms with Gasteiger partial charge in [-0.3, -0.25) is 14.4 Å². The normalized spacial score (nSPS) is 19.7. The Hall–Kier alpha value is -3.09. The van der Waals surface area contributed by atoms with Gasteiger partial charge in [-0.1, -0.05) is 6.07 Å². The average molecular weight is 411 g/mol. The fourth-order valence-corrected chi connectivity index (χ4v) is 4.90. The Bertz CT molecular complexity index is 945. The number of phenols is 1. The van der Waals surface area contributed by atoms with Crippen LogP contribution in [0.3, 0.4) is 0 Å². The first kappa shape index (κ1) is 20.2. The first-order chi connectivity index (χ1) is 14.4. The molecule has 1 heterocycles. The summed E-state index contributed by atoms with van der Waals surface area (Å²) in [6.07, 6.45) is 3.54. The van der Waals surface area contributed by atoms with Crippen LogP contribution in [0.2, 0.25) is 0 Å². The van der Waals surface area contributed by atoms with Gasteiger partial charge in [0.1, 0.15) is 0 Å². The molecule has 30 heavy (non-hydrogen) atoms. The predicted octanol–water partition coefficient (Wildman–Crippen LogP) is 3.29. The van der Waals surface area contributed by atoms with Crippen LogP contribution in [0.4, 0.5) is 0 Å². The molecule has 0 aromatic heterocycles. The smallest absolute Gasteiger partial charge is 0.305 e. The van der Waals surface area contributed by atoms with Crippen molar-refractivity contribution in [2.45, 2.75) is 50.9 Å². The lowest BCUT2D eigenvalue weighted by atomic mass is 9.71. The average Bonchev–Trinajstić information content (AvgIpc) is 2.72. The van der Waals surface area contributed by atoms with Crippen molar-refractivity contribution in [2.75, 3.05) is 13.7 Å². The van der Waals surface area contributed by atoms with Crippen LogP contribution in [0.25, 0.3) is 0 Å². The molecule has 1 aromatic rings. The monoisotopic (exact) mass is 411 g/mol. The van der Waals surface area contributed by atoms with Gasteiger partial charge < -0.3 is 19.8 Å². The summed E-state index contributed by atoms with van der Waals surface area (Å²) in [4.78, 5) is 39.3. The van der Waals surface area contributed by atoms with Gasteiger partial charge in [0.25, 0.3) is 0 Å².